The molecular formula is C10H8O6. The molecule has 0 radical (unpaired) electrons. The Kier molecular flexibility index (Phi) is 4.02. The fraction of sp³-hybridized carbons (Fsp3) is 0.100. The number of carboxylic acid groups (broad SMARTS) is 1. The zero-order valence-corrected chi connectivity index (χ0v) is 8.08. The zero-order chi connectivity index (χ0) is 12.0. The highest BCUT2D eigenvalue weighted by molar-refractivity contribution is 6.30. The van der Waals surface area contributed by atoms with Gasteiger partial charge in [0, 0.05) is 0 Å². The monoisotopic (exact) mass is 224 g/mol. The summed E-state index contributed by atoms with van der Waals surface area (Å²) in [5.74, 6) is -3.52. The van der Waals surface area contributed by atoms with E-state index < -0.39 is 18.1 Å². The van der Waals surface area contributed by atoms with E-state index >= 15 is 0 Å². The Morgan fingerprint density at radius 2 is 1.75 bits per heavy atom. The van der Waals surface area contributed by atoms with E-state index in [1.54, 1.807) is 30.3 Å². The van der Waals surface area contributed by atoms with Gasteiger partial charge >= 0.3 is 18.1 Å². The Labute approximate surface area is 90.4 Å². The molecule has 6 heteroatoms. The van der Waals surface area contributed by atoms with Gasteiger partial charge in [-0.25, -0.2) is 14.4 Å². The summed E-state index contributed by atoms with van der Waals surface area (Å²) in [5, 5.41) is 8.13. The first-order chi connectivity index (χ1) is 7.59. The number of hydrogen-bond donors (Lipinski definition) is 1. The molecule has 1 rings (SSSR count). The largest absolute Gasteiger partial charge is 0.516 e. The third-order valence-corrected chi connectivity index (χ3v) is 1.55. The molecule has 1 aromatic carbocycles. The fourth-order valence-corrected chi connectivity index (χ4v) is 0.865. The number of hydrogen-bond acceptors (Lipinski definition) is 5. The van der Waals surface area contributed by atoms with Crippen LogP contribution in [-0.2, 0) is 25.7 Å². The molecule has 0 amide bonds. The second kappa shape index (κ2) is 5.50. The summed E-state index contributed by atoms with van der Waals surface area (Å²) in [7, 11) is 0. The van der Waals surface area contributed by atoms with E-state index in [2.05, 4.69) is 9.47 Å². The van der Waals surface area contributed by atoms with Gasteiger partial charge in [0.1, 0.15) is 6.61 Å². The van der Waals surface area contributed by atoms with Crippen LogP contribution in [0.2, 0.25) is 0 Å². The van der Waals surface area contributed by atoms with Crippen LogP contribution in [0.3, 0.4) is 0 Å². The molecule has 0 aliphatic carbocycles. The molecule has 0 bridgehead atoms. The summed E-state index contributed by atoms with van der Waals surface area (Å²) >= 11 is 0. The van der Waals surface area contributed by atoms with Gasteiger partial charge in [-0.15, -0.1) is 0 Å². The number of carbonyl (C=O) groups is 3. The van der Waals surface area contributed by atoms with Crippen molar-refractivity contribution in [3.05, 3.63) is 35.9 Å². The maximum Gasteiger partial charge on any atom is 0.516 e. The van der Waals surface area contributed by atoms with E-state index in [-0.39, 0.29) is 6.61 Å². The predicted octanol–water partition coefficient (Wildman–Crippen LogP) is 0.951. The highest BCUT2D eigenvalue weighted by Crippen LogP contribution is 2.01. The Hall–Kier alpha value is -2.37. The number of ether oxygens (including phenoxy) is 2. The van der Waals surface area contributed by atoms with E-state index in [9.17, 15) is 14.4 Å². The van der Waals surface area contributed by atoms with Gasteiger partial charge in [-0.1, -0.05) is 30.3 Å². The third kappa shape index (κ3) is 3.79. The number of carbonyl (C=O) groups excluding carboxylic acids is 2. The molecule has 84 valence electrons. The molecule has 1 aromatic rings. The highest BCUT2D eigenvalue weighted by atomic mass is 16.7. The van der Waals surface area contributed by atoms with Crippen molar-refractivity contribution < 1.29 is 29.0 Å². The van der Waals surface area contributed by atoms with Gasteiger partial charge < -0.3 is 14.6 Å². The van der Waals surface area contributed by atoms with Crippen molar-refractivity contribution in [2.75, 3.05) is 0 Å². The van der Waals surface area contributed by atoms with Crippen LogP contribution in [0.1, 0.15) is 5.56 Å². The van der Waals surface area contributed by atoms with E-state index in [4.69, 9.17) is 5.11 Å². The molecule has 0 aliphatic rings. The van der Waals surface area contributed by atoms with Crippen molar-refractivity contribution >= 4 is 18.1 Å². The summed E-state index contributed by atoms with van der Waals surface area (Å²) in [6.07, 6.45) is -1.34. The summed E-state index contributed by atoms with van der Waals surface area (Å²) in [5.41, 5.74) is 0.697. The van der Waals surface area contributed by atoms with E-state index in [1.165, 1.54) is 0 Å². The van der Waals surface area contributed by atoms with Gasteiger partial charge in [0.15, 0.2) is 0 Å². The van der Waals surface area contributed by atoms with E-state index in [0.717, 1.165) is 0 Å². The molecule has 0 spiro atoms. The van der Waals surface area contributed by atoms with Crippen molar-refractivity contribution in [3.8, 4) is 0 Å². The number of aliphatic carboxylic acids is 1. The minimum atomic E-state index is -1.85. The average Bonchev–Trinajstić information content (AvgIpc) is 2.27. The van der Waals surface area contributed by atoms with Gasteiger partial charge in [-0.05, 0) is 5.56 Å². The Bertz CT molecular complexity index is 397. The zero-order valence-electron chi connectivity index (χ0n) is 8.08. The fourth-order valence-electron chi connectivity index (χ4n) is 0.865. The lowest BCUT2D eigenvalue weighted by Crippen LogP contribution is -2.21. The lowest BCUT2D eigenvalue weighted by molar-refractivity contribution is -0.161. The van der Waals surface area contributed by atoms with Crippen molar-refractivity contribution in [1.29, 1.82) is 0 Å². The minimum absolute atomic E-state index is 0.0907. The van der Waals surface area contributed by atoms with Crippen LogP contribution in [0.25, 0.3) is 0 Å². The molecule has 0 aromatic heterocycles. The van der Waals surface area contributed by atoms with Crippen LogP contribution in [0, 0.1) is 0 Å². The number of benzene rings is 1. The normalized spacial score (nSPS) is 9.25. The van der Waals surface area contributed by atoms with Crippen LogP contribution in [0.15, 0.2) is 30.3 Å². The molecular weight excluding hydrogens is 216 g/mol. The van der Waals surface area contributed by atoms with E-state index in [1.807, 2.05) is 0 Å². The SMILES string of the molecule is O=C(OCc1ccccc1)OC(=O)C(=O)O. The number of esters is 1. The summed E-state index contributed by atoms with van der Waals surface area (Å²) in [6.45, 7) is -0.0907. The van der Waals surface area contributed by atoms with Crippen LogP contribution < -0.4 is 0 Å². The molecule has 1 N–H and O–H groups in total. The van der Waals surface area contributed by atoms with Gasteiger partial charge in [-0.3, -0.25) is 0 Å². The minimum Gasteiger partial charge on any atom is -0.473 e. The maximum absolute atomic E-state index is 10.8. The van der Waals surface area contributed by atoms with Crippen molar-refractivity contribution in [2.45, 2.75) is 6.61 Å². The quantitative estimate of drug-likeness (QED) is 0.457. The molecule has 6 nitrogen and oxygen atoms in total. The molecule has 0 fully saturated rings. The second-order valence-corrected chi connectivity index (χ2v) is 2.72. The van der Waals surface area contributed by atoms with Gasteiger partial charge in [0.25, 0.3) is 0 Å². The summed E-state index contributed by atoms with van der Waals surface area (Å²) in [6, 6.07) is 8.67. The smallest absolute Gasteiger partial charge is 0.473 e. The van der Waals surface area contributed by atoms with Crippen LogP contribution in [0.5, 0.6) is 0 Å². The molecule has 0 heterocycles. The molecule has 0 saturated carbocycles. The van der Waals surface area contributed by atoms with E-state index in [0.29, 0.717) is 5.56 Å². The van der Waals surface area contributed by atoms with Gasteiger partial charge in [-0.2, -0.15) is 0 Å². The first-order valence-corrected chi connectivity index (χ1v) is 4.25. The standard InChI is InChI=1S/C10H8O6/c11-8(12)9(13)16-10(14)15-6-7-4-2-1-3-5-7/h1-5H,6H2,(H,11,12). The topological polar surface area (TPSA) is 89.9 Å². The Balaban J connectivity index is 2.36. The first kappa shape index (κ1) is 11.7. The lowest BCUT2D eigenvalue weighted by Gasteiger charge is -2.02. The van der Waals surface area contributed by atoms with Crippen LogP contribution in [0.4, 0.5) is 4.79 Å². The lowest BCUT2D eigenvalue weighted by atomic mass is 10.2. The molecule has 0 unspecified atom stereocenters. The Morgan fingerprint density at radius 1 is 1.12 bits per heavy atom. The molecule has 0 atom stereocenters. The van der Waals surface area contributed by atoms with Gasteiger partial charge in [0.05, 0.1) is 0 Å². The molecule has 0 saturated heterocycles. The maximum atomic E-state index is 10.8. The van der Waals surface area contributed by atoms with Crippen molar-refractivity contribution in [1.82, 2.24) is 0 Å². The molecule has 0 aliphatic heterocycles. The van der Waals surface area contributed by atoms with Crippen LogP contribution in [-0.4, -0.2) is 23.2 Å². The van der Waals surface area contributed by atoms with Gasteiger partial charge in [0.2, 0.25) is 0 Å². The highest BCUT2D eigenvalue weighted by Gasteiger charge is 2.18. The summed E-state index contributed by atoms with van der Waals surface area (Å²) in [4.78, 5) is 31.3. The van der Waals surface area contributed by atoms with Crippen LogP contribution >= 0.6 is 0 Å². The van der Waals surface area contributed by atoms with Crippen molar-refractivity contribution in [2.24, 2.45) is 0 Å². The predicted molar refractivity (Wildman–Crippen MR) is 50.4 cm³/mol. The summed E-state index contributed by atoms with van der Waals surface area (Å²) < 4.78 is 8.34. The third-order valence-electron chi connectivity index (χ3n) is 1.55. The second-order valence-electron chi connectivity index (χ2n) is 2.72. The Morgan fingerprint density at radius 3 is 2.31 bits per heavy atom. The van der Waals surface area contributed by atoms with Crippen molar-refractivity contribution in [3.63, 3.8) is 0 Å². The molecule has 16 heavy (non-hydrogen) atoms. The first-order valence-electron chi connectivity index (χ1n) is 4.25. The average molecular weight is 224 g/mol. The number of rotatable bonds is 2. The number of carboxylic acids is 1.